The summed E-state index contributed by atoms with van der Waals surface area (Å²) in [7, 11) is 0. The number of nitrogens with zero attached hydrogens (tertiary/aromatic N) is 1. The molecule has 4 nitrogen and oxygen atoms in total. The summed E-state index contributed by atoms with van der Waals surface area (Å²) in [6, 6.07) is -0.570. The highest BCUT2D eigenvalue weighted by atomic mass is 16.2. The molecule has 3 unspecified atom stereocenters. The fraction of sp³-hybridized carbons (Fsp3) is 0.882. The largest absolute Gasteiger partial charge is 0.342 e. The van der Waals surface area contributed by atoms with Gasteiger partial charge in [0.25, 0.3) is 0 Å². The predicted octanol–water partition coefficient (Wildman–Crippen LogP) is 2.82. The SMILES string of the molecule is CCC(C(C)C)N1C(=O)C(CC(C)C)NC(=O)C1C(C)C. The monoisotopic (exact) mass is 296 g/mol. The molecule has 0 spiro atoms. The Labute approximate surface area is 129 Å². The number of carbonyl (C=O) groups is 2. The number of piperazine rings is 1. The molecule has 4 heteroatoms. The highest BCUT2D eigenvalue weighted by Gasteiger charge is 2.45. The second kappa shape index (κ2) is 7.28. The maximum absolute atomic E-state index is 12.9. The number of carbonyl (C=O) groups excluding carboxylic acids is 2. The van der Waals surface area contributed by atoms with Crippen molar-refractivity contribution in [3.05, 3.63) is 0 Å². The third-order valence-electron chi connectivity index (χ3n) is 4.32. The van der Waals surface area contributed by atoms with Crippen LogP contribution in [0.4, 0.5) is 0 Å². The number of amides is 2. The van der Waals surface area contributed by atoms with Gasteiger partial charge >= 0.3 is 0 Å². The molecular weight excluding hydrogens is 264 g/mol. The highest BCUT2D eigenvalue weighted by molar-refractivity contribution is 5.97. The number of hydrogen-bond donors (Lipinski definition) is 1. The first-order valence-electron chi connectivity index (χ1n) is 8.33. The molecule has 2 amide bonds. The molecule has 0 aromatic heterocycles. The molecule has 1 aliphatic heterocycles. The first kappa shape index (κ1) is 18.0. The summed E-state index contributed by atoms with van der Waals surface area (Å²) in [6.45, 7) is 14.5. The topological polar surface area (TPSA) is 49.4 Å². The molecule has 1 aliphatic rings. The van der Waals surface area contributed by atoms with E-state index in [2.05, 4.69) is 39.9 Å². The summed E-state index contributed by atoms with van der Waals surface area (Å²) in [5, 5.41) is 2.95. The van der Waals surface area contributed by atoms with Gasteiger partial charge in [-0.05, 0) is 30.6 Å². The van der Waals surface area contributed by atoms with Crippen molar-refractivity contribution < 1.29 is 9.59 Å². The van der Waals surface area contributed by atoms with E-state index in [1.807, 2.05) is 18.7 Å². The van der Waals surface area contributed by atoms with Crippen LogP contribution in [0.25, 0.3) is 0 Å². The van der Waals surface area contributed by atoms with E-state index in [0.717, 1.165) is 6.42 Å². The van der Waals surface area contributed by atoms with Gasteiger partial charge in [0.2, 0.25) is 11.8 Å². The second-order valence-corrected chi connectivity index (χ2v) is 7.34. The van der Waals surface area contributed by atoms with Crippen molar-refractivity contribution in [2.75, 3.05) is 0 Å². The Morgan fingerprint density at radius 1 is 1.10 bits per heavy atom. The summed E-state index contributed by atoms with van der Waals surface area (Å²) >= 11 is 0. The van der Waals surface area contributed by atoms with E-state index in [0.29, 0.717) is 18.3 Å². The highest BCUT2D eigenvalue weighted by Crippen LogP contribution is 2.27. The van der Waals surface area contributed by atoms with E-state index >= 15 is 0 Å². The van der Waals surface area contributed by atoms with Crippen LogP contribution in [0.1, 0.15) is 61.3 Å². The van der Waals surface area contributed by atoms with E-state index in [1.165, 1.54) is 0 Å². The van der Waals surface area contributed by atoms with Crippen molar-refractivity contribution in [1.29, 1.82) is 0 Å². The summed E-state index contributed by atoms with van der Waals surface area (Å²) in [6.07, 6.45) is 1.59. The number of hydrogen-bond acceptors (Lipinski definition) is 2. The molecule has 1 saturated heterocycles. The zero-order valence-corrected chi connectivity index (χ0v) is 14.6. The molecule has 1 N–H and O–H groups in total. The lowest BCUT2D eigenvalue weighted by Gasteiger charge is -2.46. The summed E-state index contributed by atoms with van der Waals surface area (Å²) in [5.74, 6) is 0.972. The van der Waals surface area contributed by atoms with Crippen LogP contribution in [0.3, 0.4) is 0 Å². The zero-order chi connectivity index (χ0) is 16.3. The lowest BCUT2D eigenvalue weighted by molar-refractivity contribution is -0.156. The van der Waals surface area contributed by atoms with E-state index in [-0.39, 0.29) is 35.9 Å². The Bertz CT molecular complexity index is 377. The number of nitrogens with one attached hydrogen (secondary N) is 1. The molecule has 0 radical (unpaired) electrons. The summed E-state index contributed by atoms with van der Waals surface area (Å²) in [5.41, 5.74) is 0. The quantitative estimate of drug-likeness (QED) is 0.819. The maximum atomic E-state index is 12.9. The van der Waals surface area contributed by atoms with Crippen LogP contribution in [-0.4, -0.2) is 34.8 Å². The van der Waals surface area contributed by atoms with Gasteiger partial charge in [-0.15, -0.1) is 0 Å². The third kappa shape index (κ3) is 3.98. The molecule has 21 heavy (non-hydrogen) atoms. The van der Waals surface area contributed by atoms with Crippen LogP contribution < -0.4 is 5.32 Å². The van der Waals surface area contributed by atoms with Gasteiger partial charge in [-0.1, -0.05) is 48.5 Å². The molecule has 0 aromatic carbocycles. The standard InChI is InChI=1S/C17H32N2O2/c1-8-14(11(4)5)19-15(12(6)7)16(20)18-13(17(19)21)9-10(2)3/h10-15H,8-9H2,1-7H3,(H,18,20). The molecule has 1 rings (SSSR count). The van der Waals surface area contributed by atoms with Crippen LogP contribution in [0.2, 0.25) is 0 Å². The lowest BCUT2D eigenvalue weighted by Crippen LogP contribution is -2.67. The van der Waals surface area contributed by atoms with Crippen molar-refractivity contribution in [2.45, 2.75) is 79.4 Å². The van der Waals surface area contributed by atoms with E-state index < -0.39 is 0 Å². The van der Waals surface area contributed by atoms with Gasteiger partial charge in [0.15, 0.2) is 0 Å². The van der Waals surface area contributed by atoms with Crippen molar-refractivity contribution in [1.82, 2.24) is 10.2 Å². The summed E-state index contributed by atoms with van der Waals surface area (Å²) in [4.78, 5) is 27.3. The predicted molar refractivity (Wildman–Crippen MR) is 85.8 cm³/mol. The van der Waals surface area contributed by atoms with Crippen LogP contribution in [0.15, 0.2) is 0 Å². The van der Waals surface area contributed by atoms with E-state index in [9.17, 15) is 9.59 Å². The Morgan fingerprint density at radius 2 is 1.67 bits per heavy atom. The minimum Gasteiger partial charge on any atom is -0.342 e. The van der Waals surface area contributed by atoms with E-state index in [1.54, 1.807) is 0 Å². The molecular formula is C17H32N2O2. The van der Waals surface area contributed by atoms with Gasteiger partial charge in [-0.3, -0.25) is 9.59 Å². The van der Waals surface area contributed by atoms with Crippen molar-refractivity contribution in [2.24, 2.45) is 17.8 Å². The molecule has 1 fully saturated rings. The van der Waals surface area contributed by atoms with Crippen LogP contribution in [0.5, 0.6) is 0 Å². The fourth-order valence-corrected chi connectivity index (χ4v) is 3.38. The number of rotatable bonds is 6. The van der Waals surface area contributed by atoms with Gasteiger partial charge in [-0.2, -0.15) is 0 Å². The molecule has 3 atom stereocenters. The molecule has 122 valence electrons. The Balaban J connectivity index is 3.14. The van der Waals surface area contributed by atoms with E-state index in [4.69, 9.17) is 0 Å². The average molecular weight is 296 g/mol. The van der Waals surface area contributed by atoms with Crippen LogP contribution in [0, 0.1) is 17.8 Å². The van der Waals surface area contributed by atoms with Gasteiger partial charge in [0, 0.05) is 6.04 Å². The smallest absolute Gasteiger partial charge is 0.246 e. The first-order chi connectivity index (χ1) is 9.70. The van der Waals surface area contributed by atoms with Gasteiger partial charge in [-0.25, -0.2) is 0 Å². The molecule has 0 saturated carbocycles. The zero-order valence-electron chi connectivity index (χ0n) is 14.6. The van der Waals surface area contributed by atoms with Crippen molar-refractivity contribution >= 4 is 11.8 Å². The Morgan fingerprint density at radius 3 is 2.05 bits per heavy atom. The lowest BCUT2D eigenvalue weighted by atomic mass is 9.88. The van der Waals surface area contributed by atoms with Crippen molar-refractivity contribution in [3.63, 3.8) is 0 Å². The first-order valence-corrected chi connectivity index (χ1v) is 8.33. The third-order valence-corrected chi connectivity index (χ3v) is 4.32. The molecule has 1 heterocycles. The fourth-order valence-electron chi connectivity index (χ4n) is 3.38. The molecule has 0 bridgehead atoms. The van der Waals surface area contributed by atoms with Gasteiger partial charge < -0.3 is 10.2 Å². The van der Waals surface area contributed by atoms with Crippen molar-refractivity contribution in [3.8, 4) is 0 Å². The Kier molecular flexibility index (Phi) is 6.24. The average Bonchev–Trinajstić information content (AvgIpc) is 2.33. The van der Waals surface area contributed by atoms with Gasteiger partial charge in [0.05, 0.1) is 0 Å². The minimum absolute atomic E-state index is 0.00866. The normalized spacial score (nSPS) is 25.0. The van der Waals surface area contributed by atoms with Crippen LogP contribution in [-0.2, 0) is 9.59 Å². The molecule has 0 aromatic rings. The van der Waals surface area contributed by atoms with Gasteiger partial charge in [0.1, 0.15) is 12.1 Å². The van der Waals surface area contributed by atoms with Crippen LogP contribution >= 0.6 is 0 Å². The minimum atomic E-state index is -0.361. The maximum Gasteiger partial charge on any atom is 0.246 e. The molecule has 0 aliphatic carbocycles. The Hall–Kier alpha value is -1.06. The second-order valence-electron chi connectivity index (χ2n) is 7.34. The summed E-state index contributed by atoms with van der Waals surface area (Å²) < 4.78 is 0.